The first-order chi connectivity index (χ1) is 12.5. The van der Waals surface area contributed by atoms with Crippen molar-refractivity contribution >= 4 is 23.1 Å². The first kappa shape index (κ1) is 19.9. The summed E-state index contributed by atoms with van der Waals surface area (Å²) in [4.78, 5) is 0. The van der Waals surface area contributed by atoms with Crippen molar-refractivity contribution in [3.63, 3.8) is 0 Å². The molecular weight excluding hydrogens is 360 g/mol. The lowest BCUT2D eigenvalue weighted by Gasteiger charge is -2.17. The molecule has 26 heavy (non-hydrogen) atoms. The van der Waals surface area contributed by atoms with Gasteiger partial charge in [-0.3, -0.25) is 0 Å². The van der Waals surface area contributed by atoms with Crippen LogP contribution in [0, 0.1) is 0 Å². The van der Waals surface area contributed by atoms with Gasteiger partial charge in [0.05, 0.1) is 31.0 Å². The van der Waals surface area contributed by atoms with Crippen LogP contribution in [0.3, 0.4) is 0 Å². The molecule has 0 unspecified atom stereocenters. The van der Waals surface area contributed by atoms with Crippen LogP contribution in [0.2, 0.25) is 0 Å². The van der Waals surface area contributed by atoms with Crippen molar-refractivity contribution in [2.24, 2.45) is 0 Å². The third-order valence-electron chi connectivity index (χ3n) is 3.86. The van der Waals surface area contributed by atoms with Crippen LogP contribution in [-0.2, 0) is 17.8 Å². The highest BCUT2D eigenvalue weighted by atomic mass is 32.1. The smallest absolute Gasteiger partial charge is 0.267 e. The molecule has 0 amide bonds. The van der Waals surface area contributed by atoms with Crippen molar-refractivity contribution < 1.29 is 23.0 Å². The lowest BCUT2D eigenvalue weighted by molar-refractivity contribution is 0.144. The highest BCUT2D eigenvalue weighted by Gasteiger charge is 2.17. The first-order valence-corrected chi connectivity index (χ1v) is 8.45. The summed E-state index contributed by atoms with van der Waals surface area (Å²) in [5.74, 6) is 0.695. The Morgan fingerprint density at radius 1 is 1.15 bits per heavy atom. The highest BCUT2D eigenvalue weighted by molar-refractivity contribution is 7.80. The fraction of sp³-hybridized carbons (Fsp3) is 0.316. The molecule has 1 N–H and O–H groups in total. The van der Waals surface area contributed by atoms with E-state index in [1.807, 2.05) is 6.92 Å². The number of benzene rings is 2. The summed E-state index contributed by atoms with van der Waals surface area (Å²) < 4.78 is 42.7. The predicted molar refractivity (Wildman–Crippen MR) is 101 cm³/mol. The SMILES string of the molecule is CCc1ccc(OCc2c(NC(=S)OC)cccc2OC)c(C(F)F)c1. The minimum absolute atomic E-state index is 0.0316. The maximum absolute atomic E-state index is 13.4. The van der Waals surface area contributed by atoms with E-state index in [4.69, 9.17) is 26.4 Å². The number of ether oxygens (including phenoxy) is 3. The second kappa shape index (κ2) is 9.33. The minimum atomic E-state index is -2.62. The van der Waals surface area contributed by atoms with Gasteiger partial charge in [-0.25, -0.2) is 8.78 Å². The lowest BCUT2D eigenvalue weighted by atomic mass is 10.1. The van der Waals surface area contributed by atoms with Crippen molar-refractivity contribution in [2.75, 3.05) is 19.5 Å². The number of halogens is 2. The molecule has 0 aromatic heterocycles. The molecule has 0 spiro atoms. The number of thiocarbonyl (C=S) groups is 1. The number of rotatable bonds is 7. The maximum atomic E-state index is 13.4. The second-order valence-corrected chi connectivity index (χ2v) is 5.79. The van der Waals surface area contributed by atoms with E-state index in [1.54, 1.807) is 30.3 Å². The molecule has 4 nitrogen and oxygen atoms in total. The van der Waals surface area contributed by atoms with Crippen LogP contribution in [0.5, 0.6) is 11.5 Å². The van der Waals surface area contributed by atoms with Crippen LogP contribution in [0.15, 0.2) is 36.4 Å². The van der Waals surface area contributed by atoms with Gasteiger partial charge in [0.25, 0.3) is 11.6 Å². The molecule has 2 rings (SSSR count). The normalized spacial score (nSPS) is 10.5. The zero-order valence-corrected chi connectivity index (χ0v) is 15.7. The Bertz CT molecular complexity index is 768. The minimum Gasteiger partial charge on any atom is -0.496 e. The van der Waals surface area contributed by atoms with E-state index in [-0.39, 0.29) is 23.1 Å². The summed E-state index contributed by atoms with van der Waals surface area (Å²) in [6.07, 6.45) is -1.94. The van der Waals surface area contributed by atoms with Crippen molar-refractivity contribution in [3.8, 4) is 11.5 Å². The van der Waals surface area contributed by atoms with Gasteiger partial charge in [0.2, 0.25) is 0 Å². The summed E-state index contributed by atoms with van der Waals surface area (Å²) in [7, 11) is 2.98. The molecule has 0 aliphatic carbocycles. The Kier molecular flexibility index (Phi) is 7.15. The van der Waals surface area contributed by atoms with Crippen LogP contribution in [0.1, 0.15) is 30.0 Å². The second-order valence-electron chi connectivity index (χ2n) is 5.42. The molecular formula is C19H21F2NO3S. The van der Waals surface area contributed by atoms with E-state index >= 15 is 0 Å². The van der Waals surface area contributed by atoms with Gasteiger partial charge in [0.15, 0.2) is 0 Å². The molecule has 2 aromatic carbocycles. The van der Waals surface area contributed by atoms with E-state index in [0.717, 1.165) is 5.56 Å². The summed E-state index contributed by atoms with van der Waals surface area (Å²) in [5.41, 5.74) is 1.98. The zero-order valence-electron chi connectivity index (χ0n) is 14.8. The fourth-order valence-electron chi connectivity index (χ4n) is 2.45. The van der Waals surface area contributed by atoms with Crippen LogP contribution in [-0.4, -0.2) is 19.4 Å². The number of aryl methyl sites for hydroxylation is 1. The quantitative estimate of drug-likeness (QED) is 0.674. The highest BCUT2D eigenvalue weighted by Crippen LogP contribution is 2.33. The Hall–Kier alpha value is -2.41. The standard InChI is InChI=1S/C19H21F2NO3S/c1-4-12-8-9-17(13(10-12)18(20)21)25-11-14-15(22-19(26)24-3)6-5-7-16(14)23-2/h5-10,18H,4,11H2,1-3H3,(H,22,26). The molecule has 7 heteroatoms. The topological polar surface area (TPSA) is 39.7 Å². The molecule has 0 bridgehead atoms. The Balaban J connectivity index is 2.30. The number of hydrogen-bond donors (Lipinski definition) is 1. The van der Waals surface area contributed by atoms with Crippen molar-refractivity contribution in [1.82, 2.24) is 0 Å². The van der Waals surface area contributed by atoms with Crippen molar-refractivity contribution in [2.45, 2.75) is 26.4 Å². The molecule has 0 saturated carbocycles. The van der Waals surface area contributed by atoms with E-state index in [0.29, 0.717) is 23.4 Å². The van der Waals surface area contributed by atoms with Crippen molar-refractivity contribution in [3.05, 3.63) is 53.1 Å². The van der Waals surface area contributed by atoms with Gasteiger partial charge in [-0.05, 0) is 48.5 Å². The number of anilines is 1. The number of methoxy groups -OCH3 is 2. The monoisotopic (exact) mass is 381 g/mol. The van der Waals surface area contributed by atoms with Crippen LogP contribution < -0.4 is 14.8 Å². The molecule has 0 radical (unpaired) electrons. The lowest BCUT2D eigenvalue weighted by Crippen LogP contribution is -2.13. The summed E-state index contributed by atoms with van der Waals surface area (Å²) >= 11 is 5.02. The molecule has 0 aliphatic heterocycles. The van der Waals surface area contributed by atoms with E-state index in [2.05, 4.69) is 5.32 Å². The zero-order chi connectivity index (χ0) is 19.1. The van der Waals surface area contributed by atoms with Gasteiger partial charge >= 0.3 is 0 Å². The number of nitrogens with one attached hydrogen (secondary N) is 1. The first-order valence-electron chi connectivity index (χ1n) is 8.04. The fourth-order valence-corrected chi connectivity index (χ4v) is 2.56. The van der Waals surface area contributed by atoms with Gasteiger partial charge in [-0.1, -0.05) is 19.1 Å². The molecule has 0 saturated heterocycles. The van der Waals surface area contributed by atoms with E-state index in [9.17, 15) is 8.78 Å². The molecule has 0 atom stereocenters. The third kappa shape index (κ3) is 4.82. The summed E-state index contributed by atoms with van der Waals surface area (Å²) in [5, 5.41) is 3.11. The summed E-state index contributed by atoms with van der Waals surface area (Å²) in [6.45, 7) is 1.94. The molecule has 140 valence electrons. The predicted octanol–water partition coefficient (Wildman–Crippen LogP) is 5.12. The van der Waals surface area contributed by atoms with Crippen molar-refractivity contribution in [1.29, 1.82) is 0 Å². The largest absolute Gasteiger partial charge is 0.496 e. The average molecular weight is 381 g/mol. The molecule has 0 aliphatic rings. The Morgan fingerprint density at radius 3 is 2.54 bits per heavy atom. The molecule has 0 fully saturated rings. The Morgan fingerprint density at radius 2 is 1.92 bits per heavy atom. The number of alkyl halides is 2. The van der Waals surface area contributed by atoms with Gasteiger partial charge in [0, 0.05) is 0 Å². The summed E-state index contributed by atoms with van der Waals surface area (Å²) in [6, 6.07) is 10.1. The van der Waals surface area contributed by atoms with Crippen LogP contribution >= 0.6 is 12.2 Å². The average Bonchev–Trinajstić information content (AvgIpc) is 2.66. The van der Waals surface area contributed by atoms with Crippen LogP contribution in [0.4, 0.5) is 14.5 Å². The van der Waals surface area contributed by atoms with Gasteiger partial charge in [-0.2, -0.15) is 0 Å². The maximum Gasteiger partial charge on any atom is 0.267 e. The van der Waals surface area contributed by atoms with E-state index < -0.39 is 6.43 Å². The van der Waals surface area contributed by atoms with Gasteiger partial charge < -0.3 is 19.5 Å². The van der Waals surface area contributed by atoms with E-state index in [1.165, 1.54) is 20.3 Å². The van der Waals surface area contributed by atoms with Gasteiger partial charge in [-0.15, -0.1) is 0 Å². The number of hydrogen-bond acceptors (Lipinski definition) is 4. The molecule has 0 heterocycles. The molecule has 2 aromatic rings. The van der Waals surface area contributed by atoms with Crippen LogP contribution in [0.25, 0.3) is 0 Å². The van der Waals surface area contributed by atoms with Gasteiger partial charge in [0.1, 0.15) is 18.1 Å². The third-order valence-corrected chi connectivity index (χ3v) is 4.13. The Labute approximate surface area is 157 Å².